The van der Waals surface area contributed by atoms with E-state index in [9.17, 15) is 0 Å². The van der Waals surface area contributed by atoms with Gasteiger partial charge in [0.25, 0.3) is 0 Å². The summed E-state index contributed by atoms with van der Waals surface area (Å²) < 4.78 is 21.3. The molecule has 0 amide bonds. The molecule has 10 aromatic carbocycles. The molecule has 0 N–H and O–H groups in total. The summed E-state index contributed by atoms with van der Waals surface area (Å²) in [5.74, 6) is 2.49. The molecule has 0 bridgehead atoms. The minimum absolute atomic E-state index is 0.761. The molecule has 3 nitrogen and oxygen atoms in total. The molecule has 0 fully saturated rings. The van der Waals surface area contributed by atoms with Gasteiger partial charge in [-0.05, 0) is 106 Å². The first-order valence-electron chi connectivity index (χ1n) is 24.6. The fourth-order valence-electron chi connectivity index (χ4n) is 10.8. The molecule has 0 saturated heterocycles. The lowest BCUT2D eigenvalue weighted by molar-refractivity contribution is 0.161. The van der Waals surface area contributed by atoms with E-state index in [1.165, 1.54) is 0 Å². The highest BCUT2D eigenvalue weighted by Gasteiger charge is 2.39. The smallest absolute Gasteiger partial charge is 0.178 e. The van der Waals surface area contributed by atoms with Gasteiger partial charge in [0.05, 0.1) is 0 Å². The molecule has 3 heterocycles. The van der Waals surface area contributed by atoms with Gasteiger partial charge in [0, 0.05) is 50.1 Å². The van der Waals surface area contributed by atoms with Gasteiger partial charge in [0.15, 0.2) is 16.8 Å². The van der Waals surface area contributed by atoms with Crippen LogP contribution in [-0.2, 0) is 16.8 Å². The van der Waals surface area contributed by atoms with E-state index < -0.39 is 16.8 Å². The Morgan fingerprint density at radius 2 is 0.431 bits per heavy atom. The lowest BCUT2D eigenvalue weighted by Gasteiger charge is -2.36. The molecule has 10 aromatic rings. The third-order valence-electron chi connectivity index (χ3n) is 14.5. The minimum Gasteiger partial charge on any atom is -0.473 e. The Morgan fingerprint density at radius 3 is 0.653 bits per heavy atom. The van der Waals surface area contributed by atoms with E-state index in [2.05, 4.69) is 255 Å². The number of benzene rings is 10. The minimum atomic E-state index is -0.761. The molecule has 342 valence electrons. The van der Waals surface area contributed by atoms with Crippen molar-refractivity contribution in [2.45, 2.75) is 16.8 Å². The molecule has 0 spiro atoms. The zero-order chi connectivity index (χ0) is 48.0. The summed E-state index contributed by atoms with van der Waals surface area (Å²) >= 11 is 0. The number of hydrogen-bond donors (Lipinski definition) is 0. The van der Waals surface area contributed by atoms with Crippen molar-refractivity contribution in [1.82, 2.24) is 0 Å². The van der Waals surface area contributed by atoms with E-state index in [1.54, 1.807) is 0 Å². The lowest BCUT2D eigenvalue weighted by atomic mass is 9.83. The molecule has 72 heavy (non-hydrogen) atoms. The quantitative estimate of drug-likeness (QED) is 0.144. The van der Waals surface area contributed by atoms with Crippen molar-refractivity contribution in [3.05, 3.63) is 323 Å². The van der Waals surface area contributed by atoms with E-state index in [0.717, 1.165) is 101 Å². The molecular weight excluding hydrogens is 877 g/mol. The molecule has 3 aliphatic heterocycles. The largest absolute Gasteiger partial charge is 0.473 e. The average Bonchev–Trinajstić information content (AvgIpc) is 3.47. The van der Waals surface area contributed by atoms with Crippen molar-refractivity contribution in [2.75, 3.05) is 0 Å². The summed E-state index contributed by atoms with van der Waals surface area (Å²) in [7, 11) is 0. The number of ether oxygens (including phenoxy) is 3. The normalized spacial score (nSPS) is 15.2. The first-order chi connectivity index (χ1) is 35.6. The summed E-state index contributed by atoms with van der Waals surface area (Å²) in [4.78, 5) is 0. The number of hydrogen-bond acceptors (Lipinski definition) is 3. The van der Waals surface area contributed by atoms with Crippen LogP contribution in [-0.4, -0.2) is 0 Å². The van der Waals surface area contributed by atoms with Crippen LogP contribution in [0.3, 0.4) is 0 Å². The van der Waals surface area contributed by atoms with E-state index in [-0.39, 0.29) is 0 Å². The van der Waals surface area contributed by atoms with Crippen LogP contribution in [0, 0.1) is 0 Å². The molecule has 0 aliphatic carbocycles. The highest BCUT2D eigenvalue weighted by atomic mass is 16.5. The van der Waals surface area contributed by atoms with Crippen molar-refractivity contribution in [3.63, 3.8) is 0 Å². The fourth-order valence-corrected chi connectivity index (χ4v) is 10.8. The monoisotopic (exact) mass is 924 g/mol. The Balaban J connectivity index is 0.912. The molecule has 13 rings (SSSR count). The van der Waals surface area contributed by atoms with Crippen molar-refractivity contribution in [1.29, 1.82) is 0 Å². The summed E-state index contributed by atoms with van der Waals surface area (Å²) in [6.07, 6.45) is 13.3. The SMILES string of the molecule is C1=CC(c2ccccc2)(c2ccccc2)Oc2ccc(-c3cc(-c4ccc5c(c4)C=CC(c4ccccc4)(c4ccccc4)O5)cc(-c4ccc5c(c4)C=CC(c4ccccc4)(c4ccccc4)O5)c3)cc21. The van der Waals surface area contributed by atoms with Crippen molar-refractivity contribution in [3.8, 4) is 50.6 Å². The van der Waals surface area contributed by atoms with Crippen LogP contribution in [0.4, 0.5) is 0 Å². The van der Waals surface area contributed by atoms with Crippen LogP contribution >= 0.6 is 0 Å². The van der Waals surface area contributed by atoms with Gasteiger partial charge in [-0.25, -0.2) is 0 Å². The molecule has 0 unspecified atom stereocenters. The maximum Gasteiger partial charge on any atom is 0.178 e. The first-order valence-corrected chi connectivity index (χ1v) is 24.6. The second kappa shape index (κ2) is 17.7. The average molecular weight is 925 g/mol. The first kappa shape index (κ1) is 42.9. The predicted octanol–water partition coefficient (Wildman–Crippen LogP) is 16.7. The topological polar surface area (TPSA) is 27.7 Å². The van der Waals surface area contributed by atoms with Gasteiger partial charge in [-0.1, -0.05) is 218 Å². The second-order valence-corrected chi connectivity index (χ2v) is 18.8. The van der Waals surface area contributed by atoms with Crippen LogP contribution in [0.5, 0.6) is 17.2 Å². The van der Waals surface area contributed by atoms with E-state index in [1.807, 2.05) is 36.4 Å². The van der Waals surface area contributed by atoms with Gasteiger partial charge in [0.2, 0.25) is 0 Å². The van der Waals surface area contributed by atoms with Crippen molar-refractivity contribution < 1.29 is 14.2 Å². The lowest BCUT2D eigenvalue weighted by Crippen LogP contribution is -2.34. The van der Waals surface area contributed by atoms with Gasteiger partial charge in [-0.15, -0.1) is 0 Å². The van der Waals surface area contributed by atoms with Crippen LogP contribution in [0.15, 0.2) is 273 Å². The molecule has 3 aliphatic rings. The maximum atomic E-state index is 7.09. The predicted molar refractivity (Wildman–Crippen MR) is 293 cm³/mol. The number of fused-ring (bicyclic) bond motifs is 3. The van der Waals surface area contributed by atoms with Crippen molar-refractivity contribution in [2.24, 2.45) is 0 Å². The Kier molecular flexibility index (Phi) is 10.5. The van der Waals surface area contributed by atoms with Gasteiger partial charge < -0.3 is 14.2 Å². The van der Waals surface area contributed by atoms with Crippen LogP contribution in [0.25, 0.3) is 51.6 Å². The van der Waals surface area contributed by atoms with Crippen LogP contribution in [0.1, 0.15) is 50.1 Å². The highest BCUT2D eigenvalue weighted by Crippen LogP contribution is 2.48. The summed E-state index contributed by atoms with van der Waals surface area (Å²) in [5.41, 5.74) is 13.8. The van der Waals surface area contributed by atoms with Gasteiger partial charge >= 0.3 is 0 Å². The Hall–Kier alpha value is -9.18. The van der Waals surface area contributed by atoms with Crippen molar-refractivity contribution >= 4 is 18.2 Å². The molecule has 0 saturated carbocycles. The molecule has 3 heteroatoms. The Bertz CT molecular complexity index is 3170. The summed E-state index contributed by atoms with van der Waals surface area (Å²) in [6.45, 7) is 0. The maximum absolute atomic E-state index is 7.09. The van der Waals surface area contributed by atoms with E-state index in [4.69, 9.17) is 14.2 Å². The van der Waals surface area contributed by atoms with Gasteiger partial charge in [0.1, 0.15) is 17.2 Å². The Labute approximate surface area is 420 Å². The number of rotatable bonds is 9. The summed E-state index contributed by atoms with van der Waals surface area (Å²) in [5, 5.41) is 0. The molecular formula is C69H48O3. The zero-order valence-corrected chi connectivity index (χ0v) is 39.4. The summed E-state index contributed by atoms with van der Waals surface area (Å²) in [6, 6.07) is 89.4. The highest BCUT2D eigenvalue weighted by molar-refractivity contribution is 5.85. The molecule has 0 aromatic heterocycles. The zero-order valence-electron chi connectivity index (χ0n) is 39.4. The third kappa shape index (κ3) is 7.46. The standard InChI is InChI=1S/C69H48O3/c1-7-19-58(20-8-1)67(59-21-9-2-10-22-59)40-37-52-43-49(31-34-64(52)70-67)55-46-56(50-32-35-65-53(44-50)38-41-68(71-65,60-23-11-3-12-24-60)61-25-13-4-14-26-61)48-57(47-55)51-33-36-66-54(45-51)39-42-69(72-66,62-27-15-5-16-28-62)63-29-17-6-18-30-63/h1-48H. The Morgan fingerprint density at radius 1 is 0.208 bits per heavy atom. The third-order valence-corrected chi connectivity index (χ3v) is 14.5. The molecule has 0 radical (unpaired) electrons. The van der Waals surface area contributed by atoms with E-state index >= 15 is 0 Å². The van der Waals surface area contributed by atoms with Crippen LogP contribution < -0.4 is 14.2 Å². The fraction of sp³-hybridized carbons (Fsp3) is 0.0435. The van der Waals surface area contributed by atoms with Gasteiger partial charge in [-0.2, -0.15) is 0 Å². The van der Waals surface area contributed by atoms with Crippen LogP contribution in [0.2, 0.25) is 0 Å². The molecule has 0 atom stereocenters. The second-order valence-electron chi connectivity index (χ2n) is 18.8. The van der Waals surface area contributed by atoms with Gasteiger partial charge in [-0.3, -0.25) is 0 Å². The van der Waals surface area contributed by atoms with E-state index in [0.29, 0.717) is 0 Å².